The van der Waals surface area contributed by atoms with Gasteiger partial charge in [0.2, 0.25) is 0 Å². The molecule has 2 heterocycles. The van der Waals surface area contributed by atoms with E-state index in [2.05, 4.69) is 4.98 Å². The summed E-state index contributed by atoms with van der Waals surface area (Å²) in [5.74, 6) is -1.01. The Hall–Kier alpha value is -1.95. The number of carbonyl (C=O) groups is 1. The molecule has 112 valence electrons. The zero-order valence-electron chi connectivity index (χ0n) is 12.5. The molecule has 0 saturated heterocycles. The molecule has 0 aromatic carbocycles. The first-order valence-electron chi connectivity index (χ1n) is 6.77. The second kappa shape index (κ2) is 5.81. The van der Waals surface area contributed by atoms with Gasteiger partial charge in [-0.05, 0) is 32.8 Å². The molecule has 0 aliphatic heterocycles. The summed E-state index contributed by atoms with van der Waals surface area (Å²) < 4.78 is 1.51. The Bertz CT molecular complexity index is 746. The first kappa shape index (κ1) is 15.4. The molecular formula is C15H18N2O3S. The maximum Gasteiger partial charge on any atom is 0.337 e. The summed E-state index contributed by atoms with van der Waals surface area (Å²) in [6.45, 7) is 7.23. The third-order valence-electron chi connectivity index (χ3n) is 3.57. The van der Waals surface area contributed by atoms with Crippen LogP contribution in [0.1, 0.15) is 51.4 Å². The second-order valence-electron chi connectivity index (χ2n) is 5.00. The zero-order chi connectivity index (χ0) is 15.7. The maximum absolute atomic E-state index is 12.3. The van der Waals surface area contributed by atoms with Gasteiger partial charge in [0.15, 0.2) is 0 Å². The molecule has 2 rings (SSSR count). The van der Waals surface area contributed by atoms with Crippen LogP contribution in [0.2, 0.25) is 0 Å². The van der Waals surface area contributed by atoms with Crippen LogP contribution in [0.3, 0.4) is 0 Å². The van der Waals surface area contributed by atoms with Crippen molar-refractivity contribution in [2.75, 3.05) is 0 Å². The lowest BCUT2D eigenvalue weighted by atomic mass is 10.1. The number of hydrogen-bond acceptors (Lipinski definition) is 4. The van der Waals surface area contributed by atoms with Gasteiger partial charge in [-0.1, -0.05) is 6.92 Å². The number of aryl methyl sites for hydroxylation is 2. The monoisotopic (exact) mass is 306 g/mol. The molecule has 1 unspecified atom stereocenters. The van der Waals surface area contributed by atoms with Crippen LogP contribution in [-0.2, 0) is 6.42 Å². The first-order valence-corrected chi connectivity index (χ1v) is 7.59. The highest BCUT2D eigenvalue weighted by Gasteiger charge is 2.21. The highest BCUT2D eigenvalue weighted by Crippen LogP contribution is 2.25. The summed E-state index contributed by atoms with van der Waals surface area (Å²) in [6, 6.07) is 1.10. The quantitative estimate of drug-likeness (QED) is 0.942. The van der Waals surface area contributed by atoms with Crippen molar-refractivity contribution in [3.63, 3.8) is 0 Å². The summed E-state index contributed by atoms with van der Waals surface area (Å²) in [7, 11) is 0. The van der Waals surface area contributed by atoms with Crippen molar-refractivity contribution in [1.82, 2.24) is 9.55 Å². The number of nitrogens with zero attached hydrogens (tertiary/aromatic N) is 2. The Morgan fingerprint density at radius 1 is 1.48 bits per heavy atom. The Morgan fingerprint density at radius 2 is 2.14 bits per heavy atom. The summed E-state index contributed by atoms with van der Waals surface area (Å²) in [6.07, 6.45) is 2.70. The van der Waals surface area contributed by atoms with E-state index in [0.29, 0.717) is 11.3 Å². The van der Waals surface area contributed by atoms with Crippen molar-refractivity contribution in [3.05, 3.63) is 49.3 Å². The third-order valence-corrected chi connectivity index (χ3v) is 4.89. The van der Waals surface area contributed by atoms with Gasteiger partial charge in [0, 0.05) is 22.8 Å². The number of hydrogen-bond donors (Lipinski definition) is 1. The minimum Gasteiger partial charge on any atom is -0.478 e. The average Bonchev–Trinajstić information content (AvgIpc) is 2.85. The van der Waals surface area contributed by atoms with Crippen LogP contribution in [0.25, 0.3) is 0 Å². The number of carboxylic acid groups (broad SMARTS) is 1. The highest BCUT2D eigenvalue weighted by atomic mass is 32.1. The normalized spacial score (nSPS) is 12.4. The predicted octanol–water partition coefficient (Wildman–Crippen LogP) is 2.79. The largest absolute Gasteiger partial charge is 0.478 e. The maximum atomic E-state index is 12.3. The molecule has 6 heteroatoms. The lowest BCUT2D eigenvalue weighted by molar-refractivity contribution is 0.0694. The number of aromatic carboxylic acids is 1. The minimum atomic E-state index is -1.01. The van der Waals surface area contributed by atoms with E-state index in [4.69, 9.17) is 0 Å². The molecule has 2 aromatic rings. The van der Waals surface area contributed by atoms with Gasteiger partial charge in [-0.25, -0.2) is 9.78 Å². The number of carboxylic acids is 1. The lowest BCUT2D eigenvalue weighted by Crippen LogP contribution is -2.28. The molecule has 0 saturated carbocycles. The average molecular weight is 306 g/mol. The van der Waals surface area contributed by atoms with E-state index in [-0.39, 0.29) is 17.2 Å². The van der Waals surface area contributed by atoms with Crippen molar-refractivity contribution >= 4 is 17.3 Å². The summed E-state index contributed by atoms with van der Waals surface area (Å²) >= 11 is 1.55. The summed E-state index contributed by atoms with van der Waals surface area (Å²) in [5, 5.41) is 10.1. The van der Waals surface area contributed by atoms with Gasteiger partial charge < -0.3 is 9.67 Å². The zero-order valence-corrected chi connectivity index (χ0v) is 13.3. The standard InChI is InChI=1S/C15H18N2O3S/c1-5-11-7-16-14(21-11)10(4)17-9(3)13(15(19)20)8(2)6-12(17)18/h6-7,10H,5H2,1-4H3,(H,19,20). The molecule has 5 nitrogen and oxygen atoms in total. The second-order valence-corrected chi connectivity index (χ2v) is 6.14. The molecule has 1 N–H and O–H groups in total. The van der Waals surface area contributed by atoms with Gasteiger partial charge in [-0.3, -0.25) is 4.79 Å². The fourth-order valence-electron chi connectivity index (χ4n) is 2.49. The predicted molar refractivity (Wildman–Crippen MR) is 82.4 cm³/mol. The fraction of sp³-hybridized carbons (Fsp3) is 0.400. The van der Waals surface area contributed by atoms with Crippen LogP contribution in [0.5, 0.6) is 0 Å². The molecule has 0 fully saturated rings. The highest BCUT2D eigenvalue weighted by molar-refractivity contribution is 7.11. The number of thiazole rings is 1. The van der Waals surface area contributed by atoms with E-state index in [1.165, 1.54) is 10.6 Å². The van der Waals surface area contributed by atoms with Gasteiger partial charge in [0.25, 0.3) is 5.56 Å². The van der Waals surface area contributed by atoms with Crippen LogP contribution >= 0.6 is 11.3 Å². The Morgan fingerprint density at radius 3 is 2.67 bits per heavy atom. The van der Waals surface area contributed by atoms with Gasteiger partial charge in [0.05, 0.1) is 11.6 Å². The van der Waals surface area contributed by atoms with E-state index in [0.717, 1.165) is 16.3 Å². The molecule has 2 aromatic heterocycles. The Labute approximate surface area is 126 Å². The molecule has 21 heavy (non-hydrogen) atoms. The van der Waals surface area contributed by atoms with Crippen LogP contribution < -0.4 is 5.56 Å². The fourth-order valence-corrected chi connectivity index (χ4v) is 3.39. The molecule has 0 aliphatic rings. The molecule has 1 atom stereocenters. The van der Waals surface area contributed by atoms with Crippen molar-refractivity contribution in [3.8, 4) is 0 Å². The van der Waals surface area contributed by atoms with E-state index >= 15 is 0 Å². The van der Waals surface area contributed by atoms with E-state index in [1.807, 2.05) is 20.0 Å². The van der Waals surface area contributed by atoms with Crippen molar-refractivity contribution in [2.24, 2.45) is 0 Å². The topological polar surface area (TPSA) is 72.2 Å². The molecule has 0 radical (unpaired) electrons. The molecule has 0 spiro atoms. The van der Waals surface area contributed by atoms with Crippen molar-refractivity contribution in [1.29, 1.82) is 0 Å². The molecule has 0 amide bonds. The molecule has 0 bridgehead atoms. The minimum absolute atomic E-state index is 0.189. The number of rotatable bonds is 4. The van der Waals surface area contributed by atoms with E-state index in [1.54, 1.807) is 25.2 Å². The molecular weight excluding hydrogens is 288 g/mol. The van der Waals surface area contributed by atoms with Gasteiger partial charge in [-0.15, -0.1) is 11.3 Å². The van der Waals surface area contributed by atoms with Crippen molar-refractivity contribution in [2.45, 2.75) is 40.2 Å². The molecule has 0 aliphatic carbocycles. The van der Waals surface area contributed by atoms with E-state index < -0.39 is 5.97 Å². The van der Waals surface area contributed by atoms with Crippen LogP contribution in [0.4, 0.5) is 0 Å². The van der Waals surface area contributed by atoms with Gasteiger partial charge in [0.1, 0.15) is 5.01 Å². The SMILES string of the molecule is CCc1cnc(C(C)n2c(C)c(C(=O)O)c(C)cc2=O)s1. The first-order chi connectivity index (χ1) is 9.86. The Balaban J connectivity index is 2.60. The Kier molecular flexibility index (Phi) is 4.27. The summed E-state index contributed by atoms with van der Waals surface area (Å²) in [4.78, 5) is 29.2. The summed E-state index contributed by atoms with van der Waals surface area (Å²) in [5.41, 5.74) is 0.944. The van der Waals surface area contributed by atoms with Crippen molar-refractivity contribution < 1.29 is 9.90 Å². The van der Waals surface area contributed by atoms with Gasteiger partial charge >= 0.3 is 5.97 Å². The van der Waals surface area contributed by atoms with Crippen LogP contribution in [-0.4, -0.2) is 20.6 Å². The number of aromatic nitrogens is 2. The van der Waals surface area contributed by atoms with Crippen LogP contribution in [0, 0.1) is 13.8 Å². The van der Waals surface area contributed by atoms with E-state index in [9.17, 15) is 14.7 Å². The smallest absolute Gasteiger partial charge is 0.337 e. The lowest BCUT2D eigenvalue weighted by Gasteiger charge is -2.18. The third kappa shape index (κ3) is 2.76. The van der Waals surface area contributed by atoms with Crippen LogP contribution in [0.15, 0.2) is 17.1 Å². The number of pyridine rings is 1. The van der Waals surface area contributed by atoms with Gasteiger partial charge in [-0.2, -0.15) is 0 Å².